The van der Waals surface area contributed by atoms with Gasteiger partial charge in [0.1, 0.15) is 6.04 Å². The highest BCUT2D eigenvalue weighted by atomic mass is 16.5. The van der Waals surface area contributed by atoms with Crippen LogP contribution in [-0.4, -0.2) is 39.9 Å². The SMILES string of the molecule is CCOC(=O)C(N)Cc1ccc(-c2cc(OC)c(OC)c(OC)c2)cc1. The quantitative estimate of drug-likeness (QED) is 0.730. The van der Waals surface area contributed by atoms with Gasteiger partial charge in [-0.2, -0.15) is 0 Å². The summed E-state index contributed by atoms with van der Waals surface area (Å²) in [7, 11) is 4.74. The molecule has 0 aromatic heterocycles. The fourth-order valence-corrected chi connectivity index (χ4v) is 2.67. The predicted octanol–water partition coefficient (Wildman–Crippen LogP) is 2.81. The summed E-state index contributed by atoms with van der Waals surface area (Å²) in [4.78, 5) is 11.7. The van der Waals surface area contributed by atoms with Crippen LogP contribution in [0.15, 0.2) is 36.4 Å². The third-order valence-electron chi connectivity index (χ3n) is 4.00. The lowest BCUT2D eigenvalue weighted by Crippen LogP contribution is -2.34. The second-order valence-corrected chi connectivity index (χ2v) is 5.67. The Balaban J connectivity index is 2.24. The van der Waals surface area contributed by atoms with E-state index in [4.69, 9.17) is 24.7 Å². The van der Waals surface area contributed by atoms with Gasteiger partial charge in [0.2, 0.25) is 5.75 Å². The molecule has 1 atom stereocenters. The van der Waals surface area contributed by atoms with Crippen molar-refractivity contribution in [2.24, 2.45) is 5.73 Å². The summed E-state index contributed by atoms with van der Waals surface area (Å²) in [6.45, 7) is 2.09. The topological polar surface area (TPSA) is 80.0 Å². The maximum absolute atomic E-state index is 11.7. The number of ether oxygens (including phenoxy) is 4. The lowest BCUT2D eigenvalue weighted by molar-refractivity contribution is -0.144. The largest absolute Gasteiger partial charge is 0.493 e. The van der Waals surface area contributed by atoms with Gasteiger partial charge in [0.15, 0.2) is 11.5 Å². The number of carbonyl (C=O) groups is 1. The van der Waals surface area contributed by atoms with Gasteiger partial charge >= 0.3 is 5.97 Å². The van der Waals surface area contributed by atoms with E-state index in [1.54, 1.807) is 28.3 Å². The van der Waals surface area contributed by atoms with Crippen LogP contribution in [0.3, 0.4) is 0 Å². The molecule has 0 bridgehead atoms. The van der Waals surface area contributed by atoms with Crippen molar-refractivity contribution in [3.63, 3.8) is 0 Å². The maximum atomic E-state index is 11.7. The molecule has 26 heavy (non-hydrogen) atoms. The minimum Gasteiger partial charge on any atom is -0.493 e. The summed E-state index contributed by atoms with van der Waals surface area (Å²) in [5.41, 5.74) is 8.75. The third kappa shape index (κ3) is 4.46. The van der Waals surface area contributed by atoms with Crippen molar-refractivity contribution < 1.29 is 23.7 Å². The number of carbonyl (C=O) groups excluding carboxylic acids is 1. The third-order valence-corrected chi connectivity index (χ3v) is 4.00. The number of hydrogen-bond acceptors (Lipinski definition) is 6. The maximum Gasteiger partial charge on any atom is 0.323 e. The molecule has 140 valence electrons. The fraction of sp³-hybridized carbons (Fsp3) is 0.350. The van der Waals surface area contributed by atoms with E-state index >= 15 is 0 Å². The number of nitrogens with two attached hydrogens (primary N) is 1. The molecule has 0 heterocycles. The van der Waals surface area contributed by atoms with Crippen molar-refractivity contribution in [3.8, 4) is 28.4 Å². The van der Waals surface area contributed by atoms with Crippen LogP contribution in [0.2, 0.25) is 0 Å². The zero-order valence-corrected chi connectivity index (χ0v) is 15.6. The van der Waals surface area contributed by atoms with Gasteiger partial charge in [-0.25, -0.2) is 0 Å². The lowest BCUT2D eigenvalue weighted by atomic mass is 10.00. The highest BCUT2D eigenvalue weighted by Crippen LogP contribution is 2.41. The highest BCUT2D eigenvalue weighted by Gasteiger charge is 2.16. The Hall–Kier alpha value is -2.73. The number of rotatable bonds is 8. The molecule has 2 aromatic rings. The van der Waals surface area contributed by atoms with E-state index in [0.717, 1.165) is 16.7 Å². The number of esters is 1. The summed E-state index contributed by atoms with van der Waals surface area (Å²) >= 11 is 0. The predicted molar refractivity (Wildman–Crippen MR) is 99.8 cm³/mol. The van der Waals surface area contributed by atoms with E-state index in [1.165, 1.54) is 0 Å². The van der Waals surface area contributed by atoms with Crippen LogP contribution in [0.5, 0.6) is 17.2 Å². The molecule has 0 aliphatic rings. The number of methoxy groups -OCH3 is 3. The molecule has 2 aromatic carbocycles. The molecule has 0 fully saturated rings. The van der Waals surface area contributed by atoms with Crippen LogP contribution in [0.25, 0.3) is 11.1 Å². The molecule has 6 nitrogen and oxygen atoms in total. The minimum absolute atomic E-state index is 0.326. The molecule has 6 heteroatoms. The van der Waals surface area contributed by atoms with Gasteiger partial charge in [-0.05, 0) is 42.2 Å². The molecule has 0 saturated carbocycles. The summed E-state index contributed by atoms with van der Waals surface area (Å²) in [6, 6.07) is 10.9. The molecule has 2 N–H and O–H groups in total. The number of hydrogen-bond donors (Lipinski definition) is 1. The van der Waals surface area contributed by atoms with Crippen molar-refractivity contribution in [2.75, 3.05) is 27.9 Å². The number of benzene rings is 2. The van der Waals surface area contributed by atoms with Gasteiger partial charge in [0.25, 0.3) is 0 Å². The van der Waals surface area contributed by atoms with Crippen LogP contribution in [0.4, 0.5) is 0 Å². The summed E-state index contributed by atoms with van der Waals surface area (Å²) in [6.07, 6.45) is 0.425. The van der Waals surface area contributed by atoms with Gasteiger partial charge in [-0.3, -0.25) is 4.79 Å². The molecular formula is C20H25NO5. The summed E-state index contributed by atoms with van der Waals surface area (Å²) in [5, 5.41) is 0. The molecule has 0 amide bonds. The molecular weight excluding hydrogens is 334 g/mol. The summed E-state index contributed by atoms with van der Waals surface area (Å²) in [5.74, 6) is 1.35. The van der Waals surface area contributed by atoms with Crippen molar-refractivity contribution >= 4 is 5.97 Å². The Morgan fingerprint density at radius 1 is 0.962 bits per heavy atom. The molecule has 0 radical (unpaired) electrons. The van der Waals surface area contributed by atoms with Gasteiger partial charge in [-0.1, -0.05) is 24.3 Å². The Bertz CT molecular complexity index is 717. The van der Waals surface area contributed by atoms with Gasteiger partial charge in [-0.15, -0.1) is 0 Å². The second-order valence-electron chi connectivity index (χ2n) is 5.67. The first-order chi connectivity index (χ1) is 12.5. The first kappa shape index (κ1) is 19.6. The lowest BCUT2D eigenvalue weighted by Gasteiger charge is -2.15. The average Bonchev–Trinajstić information content (AvgIpc) is 2.67. The summed E-state index contributed by atoms with van der Waals surface area (Å²) < 4.78 is 21.1. The van der Waals surface area contributed by atoms with E-state index in [2.05, 4.69) is 0 Å². The minimum atomic E-state index is -0.665. The van der Waals surface area contributed by atoms with Gasteiger partial charge in [0, 0.05) is 0 Å². The monoisotopic (exact) mass is 359 g/mol. The standard InChI is InChI=1S/C20H25NO5/c1-5-26-20(22)16(21)10-13-6-8-14(9-7-13)15-11-17(23-2)19(25-4)18(12-15)24-3/h6-9,11-12,16H,5,10,21H2,1-4H3. The van der Waals surface area contributed by atoms with E-state index in [0.29, 0.717) is 30.3 Å². The fourth-order valence-electron chi connectivity index (χ4n) is 2.67. The molecule has 2 rings (SSSR count). The zero-order chi connectivity index (χ0) is 19.1. The van der Waals surface area contributed by atoms with Crippen molar-refractivity contribution in [1.29, 1.82) is 0 Å². The Morgan fingerprint density at radius 3 is 2.00 bits per heavy atom. The molecule has 0 saturated heterocycles. The average molecular weight is 359 g/mol. The normalized spacial score (nSPS) is 11.6. The first-order valence-electron chi connectivity index (χ1n) is 8.35. The van der Waals surface area contributed by atoms with E-state index in [-0.39, 0.29) is 5.97 Å². The van der Waals surface area contributed by atoms with E-state index < -0.39 is 6.04 Å². The smallest absolute Gasteiger partial charge is 0.323 e. The van der Waals surface area contributed by atoms with Gasteiger partial charge in [0.05, 0.1) is 27.9 Å². The molecule has 0 spiro atoms. The Morgan fingerprint density at radius 2 is 1.54 bits per heavy atom. The van der Waals surface area contributed by atoms with Crippen molar-refractivity contribution in [1.82, 2.24) is 0 Å². The van der Waals surface area contributed by atoms with Gasteiger partial charge < -0.3 is 24.7 Å². The van der Waals surface area contributed by atoms with Crippen LogP contribution in [0.1, 0.15) is 12.5 Å². The van der Waals surface area contributed by atoms with Crippen molar-refractivity contribution in [2.45, 2.75) is 19.4 Å². The Labute approximate surface area is 153 Å². The van der Waals surface area contributed by atoms with Crippen LogP contribution < -0.4 is 19.9 Å². The van der Waals surface area contributed by atoms with Crippen LogP contribution in [0, 0.1) is 0 Å². The molecule has 0 aliphatic carbocycles. The highest BCUT2D eigenvalue weighted by molar-refractivity contribution is 5.76. The van der Waals surface area contributed by atoms with Crippen molar-refractivity contribution in [3.05, 3.63) is 42.0 Å². The van der Waals surface area contributed by atoms with Crippen LogP contribution in [-0.2, 0) is 16.0 Å². The van der Waals surface area contributed by atoms with Crippen LogP contribution >= 0.6 is 0 Å². The van der Waals surface area contributed by atoms with E-state index in [1.807, 2.05) is 36.4 Å². The second kappa shape index (κ2) is 9.10. The zero-order valence-electron chi connectivity index (χ0n) is 15.6. The first-order valence-corrected chi connectivity index (χ1v) is 8.35. The molecule has 0 aliphatic heterocycles. The van der Waals surface area contributed by atoms with E-state index in [9.17, 15) is 4.79 Å². The molecule has 1 unspecified atom stereocenters. The Kier molecular flexibility index (Phi) is 6.86.